The molecule has 9 heteroatoms. The highest BCUT2D eigenvalue weighted by Crippen LogP contribution is 2.36. The molecule has 2 atom stereocenters. The first-order chi connectivity index (χ1) is 16.8. The lowest BCUT2D eigenvalue weighted by Crippen LogP contribution is -2.52. The largest absolute Gasteiger partial charge is 0.489 e. The molecule has 2 fully saturated rings. The molecule has 0 saturated carbocycles. The molecule has 3 aromatic rings. The zero-order chi connectivity index (χ0) is 24.4. The molecule has 2 bridgehead atoms. The van der Waals surface area contributed by atoms with Crippen LogP contribution >= 0.6 is 11.6 Å². The normalized spacial score (nSPS) is 24.1. The van der Waals surface area contributed by atoms with Crippen molar-refractivity contribution < 1.29 is 13.9 Å². The fourth-order valence-electron chi connectivity index (χ4n) is 6.04. The summed E-state index contributed by atoms with van der Waals surface area (Å²) in [6.07, 6.45) is 5.35. The third-order valence-electron chi connectivity index (χ3n) is 8.01. The van der Waals surface area contributed by atoms with Crippen LogP contribution in [0.5, 0.6) is 5.75 Å². The van der Waals surface area contributed by atoms with Crippen LogP contribution in [-0.4, -0.2) is 55.5 Å². The topological polar surface area (TPSA) is 63.0 Å². The maximum atomic E-state index is 14.2. The molecule has 0 unspecified atom stereocenters. The van der Waals surface area contributed by atoms with Crippen LogP contribution in [0.2, 0.25) is 5.02 Å². The van der Waals surface area contributed by atoms with E-state index >= 15 is 0 Å². The molecule has 7 nitrogen and oxygen atoms in total. The molecule has 184 valence electrons. The van der Waals surface area contributed by atoms with Crippen molar-refractivity contribution in [1.29, 1.82) is 0 Å². The second-order valence-electron chi connectivity index (χ2n) is 10.2. The van der Waals surface area contributed by atoms with Crippen molar-refractivity contribution in [2.75, 3.05) is 7.05 Å². The lowest BCUT2D eigenvalue weighted by molar-refractivity contribution is -0.000328. The summed E-state index contributed by atoms with van der Waals surface area (Å²) in [5.41, 5.74) is 4.42. The van der Waals surface area contributed by atoms with Gasteiger partial charge in [0.2, 0.25) is 0 Å². The van der Waals surface area contributed by atoms with E-state index in [1.165, 1.54) is 18.6 Å². The second-order valence-corrected chi connectivity index (χ2v) is 10.6. The van der Waals surface area contributed by atoms with Gasteiger partial charge in [-0.25, -0.2) is 13.9 Å². The minimum absolute atomic E-state index is 0.0188. The Morgan fingerprint density at radius 2 is 1.91 bits per heavy atom. The molecule has 0 aliphatic carbocycles. The zero-order valence-corrected chi connectivity index (χ0v) is 21.0. The molecule has 5 heterocycles. The van der Waals surface area contributed by atoms with Crippen molar-refractivity contribution in [3.8, 4) is 5.75 Å². The maximum absolute atomic E-state index is 14.2. The molecule has 35 heavy (non-hydrogen) atoms. The van der Waals surface area contributed by atoms with Crippen LogP contribution in [0.15, 0.2) is 18.2 Å². The van der Waals surface area contributed by atoms with Crippen molar-refractivity contribution in [3.05, 3.63) is 57.2 Å². The Kier molecular flexibility index (Phi) is 5.49. The van der Waals surface area contributed by atoms with E-state index in [4.69, 9.17) is 16.3 Å². The van der Waals surface area contributed by atoms with Crippen LogP contribution in [0.4, 0.5) is 4.39 Å². The lowest BCUT2D eigenvalue weighted by Gasteiger charge is -2.46. The molecule has 0 spiro atoms. The minimum atomic E-state index is -0.404. The molecule has 2 aromatic heterocycles. The fraction of sp³-hybridized carbons (Fsp3) is 0.500. The van der Waals surface area contributed by atoms with Gasteiger partial charge in [-0.1, -0.05) is 18.0 Å². The molecule has 3 aliphatic rings. The van der Waals surface area contributed by atoms with Crippen molar-refractivity contribution in [3.63, 3.8) is 0 Å². The van der Waals surface area contributed by atoms with E-state index in [2.05, 4.69) is 22.0 Å². The van der Waals surface area contributed by atoms with E-state index in [1.54, 1.807) is 15.5 Å². The number of hydrogen-bond acceptors (Lipinski definition) is 5. The van der Waals surface area contributed by atoms with Gasteiger partial charge < -0.3 is 14.5 Å². The molecule has 3 aliphatic heterocycles. The number of hydrogen-bond donors (Lipinski definition) is 0. The van der Waals surface area contributed by atoms with Gasteiger partial charge in [0.25, 0.3) is 5.91 Å². The summed E-state index contributed by atoms with van der Waals surface area (Å²) in [5, 5.41) is 5.27. The van der Waals surface area contributed by atoms with Crippen molar-refractivity contribution >= 4 is 23.2 Å². The van der Waals surface area contributed by atoms with Gasteiger partial charge in [0.1, 0.15) is 17.7 Å². The number of rotatable bonds is 3. The molecule has 1 amide bonds. The number of carbonyl (C=O) groups is 1. The van der Waals surface area contributed by atoms with Crippen molar-refractivity contribution in [2.45, 2.75) is 77.2 Å². The van der Waals surface area contributed by atoms with E-state index < -0.39 is 5.82 Å². The van der Waals surface area contributed by atoms with Gasteiger partial charge in [-0.2, -0.15) is 5.10 Å². The van der Waals surface area contributed by atoms with Crippen LogP contribution in [-0.2, 0) is 13.1 Å². The smallest absolute Gasteiger partial charge is 0.258 e. The molecule has 6 rings (SSSR count). The van der Waals surface area contributed by atoms with Gasteiger partial charge in [-0.05, 0) is 58.7 Å². The first kappa shape index (κ1) is 22.7. The number of aromatic nitrogens is 3. The van der Waals surface area contributed by atoms with E-state index in [0.29, 0.717) is 41.5 Å². The third-order valence-corrected chi connectivity index (χ3v) is 8.55. The van der Waals surface area contributed by atoms with Crippen LogP contribution in [0, 0.1) is 19.7 Å². The van der Waals surface area contributed by atoms with Crippen molar-refractivity contribution in [1.82, 2.24) is 24.4 Å². The van der Waals surface area contributed by atoms with Crippen LogP contribution in [0.3, 0.4) is 0 Å². The average molecular weight is 498 g/mol. The number of amides is 1. The van der Waals surface area contributed by atoms with Gasteiger partial charge in [-0.15, -0.1) is 0 Å². The fourth-order valence-corrected chi connectivity index (χ4v) is 6.16. The third kappa shape index (κ3) is 3.78. The summed E-state index contributed by atoms with van der Waals surface area (Å²) in [5.74, 6) is -0.260. The summed E-state index contributed by atoms with van der Waals surface area (Å²) < 4.78 is 22.3. The van der Waals surface area contributed by atoms with Crippen LogP contribution < -0.4 is 4.74 Å². The number of nitrogens with zero attached hydrogens (tertiary/aromatic N) is 5. The van der Waals surface area contributed by atoms with E-state index in [1.807, 2.05) is 13.8 Å². The predicted molar refractivity (Wildman–Crippen MR) is 130 cm³/mol. The number of carbonyl (C=O) groups excluding carboxylic acids is 1. The highest BCUT2D eigenvalue weighted by Gasteiger charge is 2.38. The Morgan fingerprint density at radius 1 is 1.17 bits per heavy atom. The monoisotopic (exact) mass is 497 g/mol. The zero-order valence-electron chi connectivity index (χ0n) is 20.2. The molecule has 0 N–H and O–H groups in total. The van der Waals surface area contributed by atoms with Gasteiger partial charge in [-0.3, -0.25) is 4.79 Å². The highest BCUT2D eigenvalue weighted by molar-refractivity contribution is 6.31. The van der Waals surface area contributed by atoms with Gasteiger partial charge in [0.05, 0.1) is 40.8 Å². The van der Waals surface area contributed by atoms with E-state index in [0.717, 1.165) is 54.0 Å². The van der Waals surface area contributed by atoms with Gasteiger partial charge in [0.15, 0.2) is 5.65 Å². The summed E-state index contributed by atoms with van der Waals surface area (Å²) in [4.78, 5) is 22.4. The summed E-state index contributed by atoms with van der Waals surface area (Å²) in [6, 6.07) is 5.19. The average Bonchev–Trinajstić information content (AvgIpc) is 3.37. The quantitative estimate of drug-likeness (QED) is 0.525. The number of ether oxygens (including phenoxy) is 1. The summed E-state index contributed by atoms with van der Waals surface area (Å²) >= 11 is 6.35. The van der Waals surface area contributed by atoms with Gasteiger partial charge >= 0.3 is 0 Å². The Bertz CT molecular complexity index is 1330. The molecule has 0 radical (unpaired) electrons. The van der Waals surface area contributed by atoms with Crippen LogP contribution in [0.25, 0.3) is 5.65 Å². The maximum Gasteiger partial charge on any atom is 0.258 e. The first-order valence-corrected chi connectivity index (χ1v) is 12.7. The Morgan fingerprint density at radius 3 is 2.66 bits per heavy atom. The molecule has 1 aromatic carbocycles. The summed E-state index contributed by atoms with van der Waals surface area (Å²) in [7, 11) is 2.19. The number of piperidine rings is 2. The Hall–Kier alpha value is -2.71. The number of halogens is 2. The number of fused-ring (bicyclic) bond motifs is 5. The van der Waals surface area contributed by atoms with E-state index in [-0.39, 0.29) is 12.0 Å². The minimum Gasteiger partial charge on any atom is -0.489 e. The SMILES string of the molecule is Cc1nc2c3c(nn2c(C)c1Cl)CN(C(=O)c1ccc(F)cc1OC1C[C@@H]2CCC[C@@H](C1)N2C)C3. The van der Waals surface area contributed by atoms with Crippen molar-refractivity contribution in [2.24, 2.45) is 0 Å². The Labute approximate surface area is 208 Å². The highest BCUT2D eigenvalue weighted by atomic mass is 35.5. The second kappa shape index (κ2) is 8.45. The standard InChI is InChI=1S/C26H29ClFN5O2/c1-14-24(27)15(2)33-25(29-14)21-12-32(13-22(21)30-33)26(34)20-8-7-16(28)9-23(20)35-19-10-17-5-4-6-18(11-19)31(17)3/h7-9,17-19H,4-6,10-13H2,1-3H3/t17-,18-/m0/s1. The predicted octanol–water partition coefficient (Wildman–Crippen LogP) is 4.69. The molecule has 2 saturated heterocycles. The van der Waals surface area contributed by atoms with E-state index in [9.17, 15) is 9.18 Å². The Balaban J connectivity index is 1.25. The molecular weight excluding hydrogens is 469 g/mol. The van der Waals surface area contributed by atoms with Gasteiger partial charge in [0, 0.05) is 23.7 Å². The lowest BCUT2D eigenvalue weighted by atomic mass is 9.83. The number of benzene rings is 1. The molecular formula is C26H29ClFN5O2. The number of aryl methyl sites for hydroxylation is 2. The summed E-state index contributed by atoms with van der Waals surface area (Å²) in [6.45, 7) is 4.53. The van der Waals surface area contributed by atoms with Crippen LogP contribution in [0.1, 0.15) is 65.1 Å². The first-order valence-electron chi connectivity index (χ1n) is 12.3.